The maximum Gasteiger partial charge on any atom is 0.416 e. The fourth-order valence-electron chi connectivity index (χ4n) is 2.70. The van der Waals surface area contributed by atoms with Gasteiger partial charge in [0.2, 0.25) is 0 Å². The quantitative estimate of drug-likeness (QED) is 0.316. The van der Waals surface area contributed by atoms with Gasteiger partial charge in [-0.05, 0) is 49.9 Å². The molecule has 2 nitrogen and oxygen atoms in total. The summed E-state index contributed by atoms with van der Waals surface area (Å²) < 4.78 is 40.8. The first-order chi connectivity index (χ1) is 11.4. The number of alkyl halides is 3. The predicted molar refractivity (Wildman–Crippen MR) is 104 cm³/mol. The number of rotatable bonds is 7. The highest BCUT2D eigenvalue weighted by Gasteiger charge is 2.35. The second kappa shape index (κ2) is 8.38. The Morgan fingerprint density at radius 1 is 1.16 bits per heavy atom. The summed E-state index contributed by atoms with van der Waals surface area (Å²) in [5.74, 6) is 0. The molecule has 0 unspecified atom stereocenters. The molecule has 0 amide bonds. The third-order valence-electron chi connectivity index (χ3n) is 4.56. The lowest BCUT2D eigenvalue weighted by Gasteiger charge is -2.21. The molecule has 0 aliphatic rings. The number of hydrogen-bond acceptors (Lipinski definition) is 1. The van der Waals surface area contributed by atoms with Crippen LogP contribution < -0.4 is 0 Å². The zero-order valence-electron chi connectivity index (χ0n) is 16.5. The molecule has 1 aromatic carbocycles. The Morgan fingerprint density at radius 2 is 1.76 bits per heavy atom. The third kappa shape index (κ3) is 6.49. The fraction of sp³-hybridized carbons (Fsp3) is 0.632. The normalized spacial score (nSPS) is 12.9. The third-order valence-corrected chi connectivity index (χ3v) is 6.41. The second-order valence-electron chi connectivity index (χ2n) is 7.90. The van der Waals surface area contributed by atoms with Crippen LogP contribution in [-0.4, -0.2) is 32.9 Å². The van der Waals surface area contributed by atoms with Gasteiger partial charge in [-0.2, -0.15) is 13.2 Å². The van der Waals surface area contributed by atoms with Crippen LogP contribution >= 0.6 is 0 Å². The topological polar surface area (TPSA) is 15.6 Å². The van der Waals surface area contributed by atoms with Crippen LogP contribution in [0.15, 0.2) is 11.1 Å². The van der Waals surface area contributed by atoms with Gasteiger partial charge in [-0.15, -0.1) is 0 Å². The lowest BCUT2D eigenvalue weighted by molar-refractivity contribution is -0.138. The first kappa shape index (κ1) is 21.7. The molecule has 0 bridgehead atoms. The Hall–Kier alpha value is -1.30. The number of nitrogens with zero attached hydrogens (tertiary/aromatic N) is 2. The van der Waals surface area contributed by atoms with Crippen molar-refractivity contribution in [2.45, 2.75) is 65.5 Å². The minimum atomic E-state index is -4.35. The summed E-state index contributed by atoms with van der Waals surface area (Å²) in [6.07, 6.45) is -1.48. The van der Waals surface area contributed by atoms with Crippen LogP contribution in [-0.2, 0) is 12.6 Å². The van der Waals surface area contributed by atoms with E-state index in [1.165, 1.54) is 6.07 Å². The van der Waals surface area contributed by atoms with Crippen molar-refractivity contribution < 1.29 is 13.2 Å². The molecule has 0 aromatic heterocycles. The molecule has 0 spiro atoms. The summed E-state index contributed by atoms with van der Waals surface area (Å²) in [6, 6.07) is 2.25. The molecule has 0 saturated carbocycles. The summed E-state index contributed by atoms with van der Waals surface area (Å²) in [5.41, 5.74) is 1.86. The van der Waals surface area contributed by atoms with Gasteiger partial charge in [0.15, 0.2) is 0 Å². The minimum absolute atomic E-state index is 0.402. The highest BCUT2D eigenvalue weighted by atomic mass is 28.3. The Labute approximate surface area is 151 Å². The van der Waals surface area contributed by atoms with Crippen LogP contribution in [0.1, 0.15) is 35.6 Å². The number of benzene rings is 1. The molecular weight excluding hydrogens is 341 g/mol. The van der Waals surface area contributed by atoms with Gasteiger partial charge in [0, 0.05) is 21.7 Å². The van der Waals surface area contributed by atoms with E-state index in [1.54, 1.807) is 13.3 Å². The van der Waals surface area contributed by atoms with Gasteiger partial charge in [0.25, 0.3) is 0 Å². The molecule has 6 heteroatoms. The van der Waals surface area contributed by atoms with Gasteiger partial charge in [-0.1, -0.05) is 32.1 Å². The zero-order chi connectivity index (χ0) is 19.4. The van der Waals surface area contributed by atoms with Crippen molar-refractivity contribution in [3.05, 3.63) is 28.3 Å². The van der Waals surface area contributed by atoms with Gasteiger partial charge in [0.1, 0.15) is 0 Å². The van der Waals surface area contributed by atoms with E-state index in [9.17, 15) is 13.2 Å². The van der Waals surface area contributed by atoms with Gasteiger partial charge in [-0.3, -0.25) is 0 Å². The van der Waals surface area contributed by atoms with Crippen molar-refractivity contribution in [2.75, 3.05) is 13.6 Å². The summed E-state index contributed by atoms with van der Waals surface area (Å²) in [7, 11) is 0.592. The Balaban J connectivity index is 3.28. The molecular formula is C19H31F3N2Si. The highest BCUT2D eigenvalue weighted by Crippen LogP contribution is 2.39. The van der Waals surface area contributed by atoms with E-state index < -0.39 is 19.8 Å². The van der Waals surface area contributed by atoms with Gasteiger partial charge in [-0.25, -0.2) is 4.99 Å². The molecule has 142 valence electrons. The van der Waals surface area contributed by atoms with Crippen molar-refractivity contribution >= 4 is 20.1 Å². The Bertz CT molecular complexity index is 617. The molecule has 0 aliphatic carbocycles. The van der Waals surface area contributed by atoms with E-state index in [0.29, 0.717) is 17.7 Å². The van der Waals surface area contributed by atoms with Crippen LogP contribution in [0.4, 0.5) is 18.9 Å². The first-order valence-corrected chi connectivity index (χ1v) is 12.5. The van der Waals surface area contributed by atoms with Crippen LogP contribution in [0.2, 0.25) is 25.7 Å². The first-order valence-electron chi connectivity index (χ1n) is 8.81. The molecule has 1 aromatic rings. The van der Waals surface area contributed by atoms with E-state index in [1.807, 2.05) is 25.8 Å². The average Bonchev–Trinajstić information content (AvgIpc) is 2.47. The molecule has 0 atom stereocenters. The molecule has 0 N–H and O–H groups in total. The monoisotopic (exact) mass is 372 g/mol. The summed E-state index contributed by atoms with van der Waals surface area (Å²) in [5, 5.41) is 0. The van der Waals surface area contributed by atoms with E-state index >= 15 is 0 Å². The Morgan fingerprint density at radius 3 is 2.24 bits per heavy atom. The molecule has 0 heterocycles. The van der Waals surface area contributed by atoms with Crippen LogP contribution in [0, 0.1) is 13.8 Å². The molecule has 0 saturated heterocycles. The summed E-state index contributed by atoms with van der Waals surface area (Å²) in [6.45, 7) is 13.1. The Kier molecular flexibility index (Phi) is 7.29. The van der Waals surface area contributed by atoms with E-state index in [0.717, 1.165) is 30.1 Å². The molecule has 0 radical (unpaired) electrons. The van der Waals surface area contributed by atoms with Crippen molar-refractivity contribution in [2.24, 2.45) is 4.99 Å². The maximum atomic E-state index is 13.6. The predicted octanol–water partition coefficient (Wildman–Crippen LogP) is 6.20. The van der Waals surface area contributed by atoms with Crippen molar-refractivity contribution in [3.8, 4) is 0 Å². The van der Waals surface area contributed by atoms with Gasteiger partial charge >= 0.3 is 6.18 Å². The van der Waals surface area contributed by atoms with E-state index in [2.05, 4.69) is 24.6 Å². The number of aliphatic imine (C=N–C) groups is 1. The highest BCUT2D eigenvalue weighted by molar-refractivity contribution is 6.76. The lowest BCUT2D eigenvalue weighted by atomic mass is 9.92. The number of halogens is 3. The van der Waals surface area contributed by atoms with Crippen molar-refractivity contribution in [1.29, 1.82) is 0 Å². The molecule has 0 aliphatic heterocycles. The standard InChI is InChI=1S/C19H31F3N2Si/c1-8-24(4)13-23-18-12-17(19(20,21)22)16(14(2)15(18)3)10-9-11-25(5,6)7/h12-13H,8-11H2,1-7H3. The average molecular weight is 373 g/mol. The summed E-state index contributed by atoms with van der Waals surface area (Å²) >= 11 is 0. The maximum absolute atomic E-state index is 13.6. The van der Waals surface area contributed by atoms with E-state index in [4.69, 9.17) is 0 Å². The lowest BCUT2D eigenvalue weighted by Crippen LogP contribution is -2.19. The van der Waals surface area contributed by atoms with Gasteiger partial charge in [0.05, 0.1) is 17.6 Å². The van der Waals surface area contributed by atoms with Crippen LogP contribution in [0.5, 0.6) is 0 Å². The minimum Gasteiger partial charge on any atom is -0.366 e. The van der Waals surface area contributed by atoms with Crippen LogP contribution in [0.3, 0.4) is 0 Å². The fourth-order valence-corrected chi connectivity index (χ4v) is 3.94. The smallest absolute Gasteiger partial charge is 0.366 e. The SMILES string of the molecule is CCN(C)C=Nc1cc(C(F)(F)F)c(CCC[Si](C)(C)C)c(C)c1C. The molecule has 0 fully saturated rings. The summed E-state index contributed by atoms with van der Waals surface area (Å²) in [4.78, 5) is 6.12. The van der Waals surface area contributed by atoms with Crippen molar-refractivity contribution in [1.82, 2.24) is 4.90 Å². The molecule has 25 heavy (non-hydrogen) atoms. The zero-order valence-corrected chi connectivity index (χ0v) is 17.5. The largest absolute Gasteiger partial charge is 0.416 e. The molecule has 1 rings (SSSR count). The van der Waals surface area contributed by atoms with Crippen LogP contribution in [0.25, 0.3) is 0 Å². The van der Waals surface area contributed by atoms with Crippen molar-refractivity contribution in [3.63, 3.8) is 0 Å². The van der Waals surface area contributed by atoms with E-state index in [-0.39, 0.29) is 0 Å². The second-order valence-corrected chi connectivity index (χ2v) is 13.5. The van der Waals surface area contributed by atoms with Gasteiger partial charge < -0.3 is 4.90 Å². The number of hydrogen-bond donors (Lipinski definition) is 0.